The molecule has 1 aliphatic carbocycles. The third kappa shape index (κ3) is 5.92. The number of anilines is 2. The van der Waals surface area contributed by atoms with Crippen molar-refractivity contribution in [3.8, 4) is 27.9 Å². The SMILES string of the molecule is CC(C)(C)c1ccc(Nc2ccc(C(C)(C)C)cc2-c2cc3c(c4cc(C(C)(C)C)ccc4n3-c3ccc4c(c3)-c3ccccc3C4(C)C)c3oc4ccccc4c23)cc1. The molecule has 0 spiro atoms. The fraction of sp³-hybridized carbons (Fsp3) is 0.263. The Morgan fingerprint density at radius 2 is 1.12 bits per heavy atom. The summed E-state index contributed by atoms with van der Waals surface area (Å²) < 4.78 is 9.62. The van der Waals surface area contributed by atoms with E-state index in [2.05, 4.69) is 220 Å². The maximum absolute atomic E-state index is 7.13. The number of nitrogens with zero attached hydrogens (tertiary/aromatic N) is 1. The molecule has 9 aromatic rings. The topological polar surface area (TPSA) is 30.1 Å². The van der Waals surface area contributed by atoms with Crippen LogP contribution < -0.4 is 5.32 Å². The van der Waals surface area contributed by atoms with Gasteiger partial charge in [-0.05, 0) is 121 Å². The van der Waals surface area contributed by atoms with Crippen molar-refractivity contribution in [1.82, 2.24) is 4.57 Å². The Morgan fingerprint density at radius 1 is 0.483 bits per heavy atom. The number of rotatable bonds is 4. The first-order chi connectivity index (χ1) is 28.4. The maximum Gasteiger partial charge on any atom is 0.146 e. The van der Waals surface area contributed by atoms with Crippen LogP contribution in [-0.4, -0.2) is 4.57 Å². The van der Waals surface area contributed by atoms with Crippen molar-refractivity contribution < 1.29 is 4.42 Å². The van der Waals surface area contributed by atoms with Crippen LogP contribution in [0.5, 0.6) is 0 Å². The average molecular weight is 785 g/mol. The molecule has 1 aliphatic rings. The molecule has 0 fully saturated rings. The fourth-order valence-electron chi connectivity index (χ4n) is 9.74. The molecule has 2 aromatic heterocycles. The molecule has 0 saturated heterocycles. The highest BCUT2D eigenvalue weighted by atomic mass is 16.3. The van der Waals surface area contributed by atoms with Gasteiger partial charge in [-0.25, -0.2) is 0 Å². The number of para-hydroxylation sites is 1. The van der Waals surface area contributed by atoms with E-state index in [0.29, 0.717) is 0 Å². The van der Waals surface area contributed by atoms with Crippen LogP contribution in [0.1, 0.15) is 104 Å². The maximum atomic E-state index is 7.13. The van der Waals surface area contributed by atoms with Crippen molar-refractivity contribution in [3.63, 3.8) is 0 Å². The second-order valence-electron chi connectivity index (χ2n) is 20.8. The first-order valence-corrected chi connectivity index (χ1v) is 21.6. The summed E-state index contributed by atoms with van der Waals surface area (Å²) in [4.78, 5) is 0. The summed E-state index contributed by atoms with van der Waals surface area (Å²) in [6, 6.07) is 50.0. The smallest absolute Gasteiger partial charge is 0.146 e. The first kappa shape index (κ1) is 38.2. The van der Waals surface area contributed by atoms with E-state index in [0.717, 1.165) is 61.0 Å². The normalized spacial score (nSPS) is 14.1. The van der Waals surface area contributed by atoms with E-state index >= 15 is 0 Å². The zero-order valence-electron chi connectivity index (χ0n) is 37.1. The standard InChI is InChI=1S/C57H56N2O/c1-54(2,3)34-20-24-37(25-21-34)58-47-28-22-35(55(4,5)6)30-42(47)43-33-49-52(53-51(43)40-17-13-15-19-50(40)60-53)44-31-36(56(7,8)9)23-29-48(44)59(49)38-26-27-46-41(32-38)39-16-12-14-18-45(39)57(46,10)11/h12-33,58H,1-11H3. The minimum absolute atomic E-state index is 0.0303. The van der Waals surface area contributed by atoms with Gasteiger partial charge < -0.3 is 14.3 Å². The fourth-order valence-corrected chi connectivity index (χ4v) is 9.74. The number of fused-ring (bicyclic) bond motifs is 10. The lowest BCUT2D eigenvalue weighted by Crippen LogP contribution is -2.14. The highest BCUT2D eigenvalue weighted by molar-refractivity contribution is 6.28. The lowest BCUT2D eigenvalue weighted by atomic mass is 9.82. The van der Waals surface area contributed by atoms with E-state index in [9.17, 15) is 0 Å². The van der Waals surface area contributed by atoms with Crippen molar-refractivity contribution in [2.45, 2.75) is 97.8 Å². The van der Waals surface area contributed by atoms with Gasteiger partial charge in [0.05, 0.1) is 16.4 Å². The number of aromatic nitrogens is 1. The highest BCUT2D eigenvalue weighted by Crippen LogP contribution is 2.51. The van der Waals surface area contributed by atoms with Crippen LogP contribution in [0.25, 0.3) is 71.7 Å². The third-order valence-corrected chi connectivity index (χ3v) is 13.3. The van der Waals surface area contributed by atoms with Crippen molar-refractivity contribution in [2.75, 3.05) is 5.32 Å². The Hall–Kier alpha value is -6.06. The Balaban J connectivity index is 1.32. The predicted octanol–water partition coefficient (Wildman–Crippen LogP) is 16.3. The van der Waals surface area contributed by atoms with Crippen LogP contribution in [0.4, 0.5) is 11.4 Å². The Kier molecular flexibility index (Phi) is 8.25. The van der Waals surface area contributed by atoms with Crippen LogP contribution in [0.2, 0.25) is 0 Å². The number of hydrogen-bond acceptors (Lipinski definition) is 2. The van der Waals surface area contributed by atoms with E-state index in [1.807, 2.05) is 0 Å². The van der Waals surface area contributed by atoms with Gasteiger partial charge in [-0.1, -0.05) is 149 Å². The molecular weight excluding hydrogens is 729 g/mol. The van der Waals surface area contributed by atoms with Crippen LogP contribution in [-0.2, 0) is 21.7 Å². The number of nitrogens with one attached hydrogen (secondary N) is 1. The minimum Gasteiger partial charge on any atom is -0.455 e. The van der Waals surface area contributed by atoms with Gasteiger partial charge in [-0.3, -0.25) is 0 Å². The Labute approximate surface area is 355 Å². The van der Waals surface area contributed by atoms with E-state index in [-0.39, 0.29) is 21.7 Å². The molecule has 0 saturated carbocycles. The largest absolute Gasteiger partial charge is 0.455 e. The number of benzene rings is 7. The average Bonchev–Trinajstić information content (AvgIpc) is 3.82. The van der Waals surface area contributed by atoms with Crippen LogP contribution in [0.3, 0.4) is 0 Å². The summed E-state index contributed by atoms with van der Waals surface area (Å²) in [6.45, 7) is 25.3. The summed E-state index contributed by atoms with van der Waals surface area (Å²) in [5, 5.41) is 8.49. The van der Waals surface area contributed by atoms with Crippen LogP contribution in [0, 0.1) is 0 Å². The van der Waals surface area contributed by atoms with Crippen LogP contribution >= 0.6 is 0 Å². The molecule has 0 atom stereocenters. The van der Waals surface area contributed by atoms with Gasteiger partial charge in [-0.2, -0.15) is 0 Å². The van der Waals surface area contributed by atoms with Gasteiger partial charge >= 0.3 is 0 Å². The minimum atomic E-state index is -0.0744. The predicted molar refractivity (Wildman–Crippen MR) is 257 cm³/mol. The van der Waals surface area contributed by atoms with E-state index in [4.69, 9.17) is 4.42 Å². The van der Waals surface area contributed by atoms with E-state index in [1.54, 1.807) is 0 Å². The summed E-state index contributed by atoms with van der Waals surface area (Å²) in [6.07, 6.45) is 0. The van der Waals surface area contributed by atoms with Gasteiger partial charge in [0.1, 0.15) is 11.2 Å². The van der Waals surface area contributed by atoms with Crippen molar-refractivity contribution in [1.29, 1.82) is 0 Å². The third-order valence-electron chi connectivity index (χ3n) is 13.3. The molecule has 7 aromatic carbocycles. The molecule has 0 aliphatic heterocycles. The summed E-state index contributed by atoms with van der Waals surface area (Å²) in [5.74, 6) is 0. The zero-order chi connectivity index (χ0) is 42.1. The second-order valence-corrected chi connectivity index (χ2v) is 20.8. The lowest BCUT2D eigenvalue weighted by Gasteiger charge is -2.23. The monoisotopic (exact) mass is 784 g/mol. The molecule has 60 heavy (non-hydrogen) atoms. The van der Waals surface area contributed by atoms with Gasteiger partial charge in [0.25, 0.3) is 0 Å². The summed E-state index contributed by atoms with van der Waals surface area (Å²) in [7, 11) is 0. The van der Waals surface area contributed by atoms with Crippen molar-refractivity contribution in [2.24, 2.45) is 0 Å². The molecule has 0 radical (unpaired) electrons. The molecule has 300 valence electrons. The molecule has 1 N–H and O–H groups in total. The number of hydrogen-bond donors (Lipinski definition) is 1. The van der Waals surface area contributed by atoms with E-state index in [1.165, 1.54) is 49.8 Å². The lowest BCUT2D eigenvalue weighted by molar-refractivity contribution is 0.590. The Morgan fingerprint density at radius 3 is 1.85 bits per heavy atom. The van der Waals surface area contributed by atoms with Gasteiger partial charge in [-0.15, -0.1) is 0 Å². The molecule has 0 unspecified atom stereocenters. The molecule has 10 rings (SSSR count). The molecule has 2 heterocycles. The molecular formula is C57H56N2O. The number of furan rings is 1. The van der Waals surface area contributed by atoms with Gasteiger partial charge in [0, 0.05) is 44.2 Å². The summed E-state index contributed by atoms with van der Waals surface area (Å²) >= 11 is 0. The van der Waals surface area contributed by atoms with Crippen molar-refractivity contribution in [3.05, 3.63) is 161 Å². The molecule has 3 nitrogen and oxygen atoms in total. The highest BCUT2D eigenvalue weighted by Gasteiger charge is 2.36. The zero-order valence-corrected chi connectivity index (χ0v) is 37.1. The van der Waals surface area contributed by atoms with Gasteiger partial charge in [0.2, 0.25) is 0 Å². The van der Waals surface area contributed by atoms with Crippen molar-refractivity contribution >= 4 is 55.1 Å². The van der Waals surface area contributed by atoms with Crippen LogP contribution in [0.15, 0.2) is 138 Å². The molecule has 3 heteroatoms. The quantitative estimate of drug-likeness (QED) is 0.193. The molecule has 0 amide bonds. The first-order valence-electron chi connectivity index (χ1n) is 21.6. The molecule has 0 bridgehead atoms. The summed E-state index contributed by atoms with van der Waals surface area (Å²) in [5.41, 5.74) is 18.9. The second kappa shape index (κ2) is 13.0. The van der Waals surface area contributed by atoms with E-state index < -0.39 is 0 Å². The van der Waals surface area contributed by atoms with Gasteiger partial charge in [0.15, 0.2) is 0 Å². The Bertz CT molecular complexity index is 3180.